The van der Waals surface area contributed by atoms with Gasteiger partial charge in [0.15, 0.2) is 0 Å². The van der Waals surface area contributed by atoms with E-state index >= 15 is 0 Å². The van der Waals surface area contributed by atoms with E-state index in [1.807, 2.05) is 0 Å². The van der Waals surface area contributed by atoms with Gasteiger partial charge >= 0.3 is 5.97 Å². The van der Waals surface area contributed by atoms with E-state index in [0.717, 1.165) is 0 Å². The van der Waals surface area contributed by atoms with Crippen LogP contribution in [-0.2, 0) is 0 Å². The fourth-order valence-corrected chi connectivity index (χ4v) is 2.08. The first-order valence-corrected chi connectivity index (χ1v) is 5.60. The van der Waals surface area contributed by atoms with Gasteiger partial charge in [-0.25, -0.2) is 9.18 Å². The van der Waals surface area contributed by atoms with E-state index in [-0.39, 0.29) is 11.4 Å². The maximum atomic E-state index is 13.6. The highest BCUT2D eigenvalue weighted by atomic mass is 19.1. The number of carboxylic acid groups (broad SMARTS) is 1. The Balaban J connectivity index is 2.75. The molecule has 0 radical (unpaired) electrons. The average molecular weight is 244 g/mol. The van der Waals surface area contributed by atoms with Crippen LogP contribution in [0.15, 0.2) is 36.4 Å². The van der Waals surface area contributed by atoms with Crippen molar-refractivity contribution in [2.75, 3.05) is 0 Å². The Labute approximate surface area is 105 Å². The molecule has 2 rings (SSSR count). The van der Waals surface area contributed by atoms with Gasteiger partial charge in [-0.2, -0.15) is 0 Å². The molecule has 0 saturated heterocycles. The first-order chi connectivity index (χ1) is 8.52. The lowest BCUT2D eigenvalue weighted by Crippen LogP contribution is -2.03. The van der Waals surface area contributed by atoms with Gasteiger partial charge in [0, 0.05) is 0 Å². The van der Waals surface area contributed by atoms with E-state index in [1.165, 1.54) is 6.07 Å². The van der Waals surface area contributed by atoms with E-state index < -0.39 is 5.97 Å². The second-order valence-electron chi connectivity index (χ2n) is 4.22. The maximum absolute atomic E-state index is 13.6. The molecule has 0 aliphatic heterocycles. The number of carboxylic acids is 1. The van der Waals surface area contributed by atoms with Crippen LogP contribution in [0.5, 0.6) is 0 Å². The van der Waals surface area contributed by atoms with Crippen LogP contribution in [0.1, 0.15) is 21.5 Å². The van der Waals surface area contributed by atoms with Crippen LogP contribution in [0, 0.1) is 19.7 Å². The molecule has 92 valence electrons. The van der Waals surface area contributed by atoms with Crippen molar-refractivity contribution in [3.8, 4) is 11.1 Å². The van der Waals surface area contributed by atoms with Crippen molar-refractivity contribution >= 4 is 5.97 Å². The van der Waals surface area contributed by atoms with Crippen LogP contribution < -0.4 is 0 Å². The van der Waals surface area contributed by atoms with E-state index in [9.17, 15) is 14.3 Å². The van der Waals surface area contributed by atoms with Gasteiger partial charge in [0.25, 0.3) is 0 Å². The summed E-state index contributed by atoms with van der Waals surface area (Å²) < 4.78 is 13.6. The molecule has 2 aromatic carbocycles. The second kappa shape index (κ2) is 4.61. The lowest BCUT2D eigenvalue weighted by atomic mass is 9.93. The molecule has 0 atom stereocenters. The predicted molar refractivity (Wildman–Crippen MR) is 68.3 cm³/mol. The fraction of sp³-hybridized carbons (Fsp3) is 0.133. The van der Waals surface area contributed by atoms with Crippen LogP contribution in [0.2, 0.25) is 0 Å². The third-order valence-electron chi connectivity index (χ3n) is 3.04. The largest absolute Gasteiger partial charge is 0.478 e. The number of benzene rings is 2. The molecular formula is C15H13FO2. The van der Waals surface area contributed by atoms with Crippen LogP contribution >= 0.6 is 0 Å². The molecule has 0 aromatic heterocycles. The molecular weight excluding hydrogens is 231 g/mol. The summed E-state index contributed by atoms with van der Waals surface area (Å²) in [6, 6.07) is 9.92. The molecule has 1 N–H and O–H groups in total. The standard InChI is InChI=1S/C15H13FO2/c1-9-5-3-7-12(14(9)15(17)18)11-6-4-8-13(16)10(11)2/h3-8H,1-2H3,(H,17,18). The highest BCUT2D eigenvalue weighted by molar-refractivity contribution is 5.98. The number of halogens is 1. The molecule has 0 amide bonds. The van der Waals surface area contributed by atoms with Crippen LogP contribution in [0.25, 0.3) is 11.1 Å². The van der Waals surface area contributed by atoms with Gasteiger partial charge in [0.1, 0.15) is 5.82 Å². The molecule has 0 aliphatic carbocycles. The lowest BCUT2D eigenvalue weighted by molar-refractivity contribution is 0.0697. The Morgan fingerprint density at radius 2 is 1.67 bits per heavy atom. The predicted octanol–water partition coefficient (Wildman–Crippen LogP) is 3.81. The summed E-state index contributed by atoms with van der Waals surface area (Å²) in [7, 11) is 0. The van der Waals surface area contributed by atoms with Crippen molar-refractivity contribution < 1.29 is 14.3 Å². The van der Waals surface area contributed by atoms with E-state index in [2.05, 4.69) is 0 Å². The van der Waals surface area contributed by atoms with E-state index in [1.54, 1.807) is 44.2 Å². The van der Waals surface area contributed by atoms with Crippen molar-refractivity contribution in [3.63, 3.8) is 0 Å². The molecule has 2 nitrogen and oxygen atoms in total. The number of hydrogen-bond donors (Lipinski definition) is 1. The summed E-state index contributed by atoms with van der Waals surface area (Å²) >= 11 is 0. The van der Waals surface area contributed by atoms with Gasteiger partial charge in [0.2, 0.25) is 0 Å². The van der Waals surface area contributed by atoms with E-state index in [4.69, 9.17) is 0 Å². The molecule has 0 fully saturated rings. The molecule has 18 heavy (non-hydrogen) atoms. The van der Waals surface area contributed by atoms with Crippen LogP contribution in [-0.4, -0.2) is 11.1 Å². The third kappa shape index (κ3) is 1.99. The van der Waals surface area contributed by atoms with Crippen molar-refractivity contribution in [2.24, 2.45) is 0 Å². The summed E-state index contributed by atoms with van der Waals surface area (Å²) in [6.07, 6.45) is 0. The summed E-state index contributed by atoms with van der Waals surface area (Å²) in [5.41, 5.74) is 2.54. The molecule has 0 heterocycles. The minimum Gasteiger partial charge on any atom is -0.478 e. The quantitative estimate of drug-likeness (QED) is 0.872. The normalized spacial score (nSPS) is 10.4. The van der Waals surface area contributed by atoms with Crippen LogP contribution in [0.3, 0.4) is 0 Å². The Morgan fingerprint density at radius 3 is 2.33 bits per heavy atom. The Hall–Kier alpha value is -2.16. The summed E-state index contributed by atoms with van der Waals surface area (Å²) in [5.74, 6) is -1.32. The number of aromatic carboxylic acids is 1. The van der Waals surface area contributed by atoms with Gasteiger partial charge < -0.3 is 5.11 Å². The monoisotopic (exact) mass is 244 g/mol. The van der Waals surface area contributed by atoms with Crippen LogP contribution in [0.4, 0.5) is 4.39 Å². The first-order valence-electron chi connectivity index (χ1n) is 5.60. The topological polar surface area (TPSA) is 37.3 Å². The van der Waals surface area contributed by atoms with Crippen molar-refractivity contribution in [2.45, 2.75) is 13.8 Å². The van der Waals surface area contributed by atoms with Gasteiger partial charge in [-0.1, -0.05) is 30.3 Å². The van der Waals surface area contributed by atoms with Crippen molar-refractivity contribution in [1.29, 1.82) is 0 Å². The molecule has 0 aliphatic rings. The maximum Gasteiger partial charge on any atom is 0.336 e. The van der Waals surface area contributed by atoms with Crippen molar-refractivity contribution in [1.82, 2.24) is 0 Å². The lowest BCUT2D eigenvalue weighted by Gasteiger charge is -2.11. The SMILES string of the molecule is Cc1cccc(-c2cccc(F)c2C)c1C(=O)O. The summed E-state index contributed by atoms with van der Waals surface area (Å²) in [6.45, 7) is 3.39. The Morgan fingerprint density at radius 1 is 1.06 bits per heavy atom. The Bertz CT molecular complexity index is 618. The fourth-order valence-electron chi connectivity index (χ4n) is 2.08. The molecule has 0 spiro atoms. The minimum atomic E-state index is -0.994. The number of hydrogen-bond acceptors (Lipinski definition) is 1. The first kappa shape index (κ1) is 12.3. The second-order valence-corrected chi connectivity index (χ2v) is 4.22. The zero-order chi connectivity index (χ0) is 13.3. The van der Waals surface area contributed by atoms with Gasteiger partial charge in [0.05, 0.1) is 5.56 Å². The zero-order valence-electron chi connectivity index (χ0n) is 10.2. The number of aryl methyl sites for hydroxylation is 1. The average Bonchev–Trinajstić information content (AvgIpc) is 2.32. The summed E-state index contributed by atoms with van der Waals surface area (Å²) in [5, 5.41) is 9.27. The highest BCUT2D eigenvalue weighted by Gasteiger charge is 2.16. The van der Waals surface area contributed by atoms with Gasteiger partial charge in [-0.3, -0.25) is 0 Å². The molecule has 0 saturated carbocycles. The zero-order valence-corrected chi connectivity index (χ0v) is 10.2. The third-order valence-corrected chi connectivity index (χ3v) is 3.04. The summed E-state index contributed by atoms with van der Waals surface area (Å²) in [4.78, 5) is 11.3. The smallest absolute Gasteiger partial charge is 0.336 e. The molecule has 2 aromatic rings. The molecule has 3 heteroatoms. The highest BCUT2D eigenvalue weighted by Crippen LogP contribution is 2.29. The Kier molecular flexibility index (Phi) is 3.15. The van der Waals surface area contributed by atoms with E-state index in [0.29, 0.717) is 22.3 Å². The van der Waals surface area contributed by atoms with Gasteiger partial charge in [-0.15, -0.1) is 0 Å². The minimum absolute atomic E-state index is 0.228. The number of rotatable bonds is 2. The van der Waals surface area contributed by atoms with Crippen molar-refractivity contribution in [3.05, 3.63) is 58.9 Å². The van der Waals surface area contributed by atoms with Gasteiger partial charge in [-0.05, 0) is 42.2 Å². The number of carbonyl (C=O) groups is 1. The molecule has 0 unspecified atom stereocenters. The molecule has 0 bridgehead atoms.